The summed E-state index contributed by atoms with van der Waals surface area (Å²) in [4.78, 5) is 25.3. The molecule has 2 aromatic rings. The topological polar surface area (TPSA) is 76.5 Å². The van der Waals surface area contributed by atoms with Crippen molar-refractivity contribution in [1.82, 2.24) is 4.98 Å². The molecule has 0 amide bonds. The number of hydrogen-bond acceptors (Lipinski definition) is 4. The lowest BCUT2D eigenvalue weighted by atomic mass is 10.2. The van der Waals surface area contributed by atoms with E-state index in [-0.39, 0.29) is 11.7 Å². The van der Waals surface area contributed by atoms with Crippen molar-refractivity contribution in [3.8, 4) is 0 Å². The number of pyridine rings is 1. The van der Waals surface area contributed by atoms with Gasteiger partial charge in [0.15, 0.2) is 0 Å². The maximum Gasteiger partial charge on any atom is 0.354 e. The molecule has 0 radical (unpaired) electrons. The second-order valence-corrected chi connectivity index (χ2v) is 5.47. The molecule has 0 aliphatic rings. The van der Waals surface area contributed by atoms with E-state index in [9.17, 15) is 9.59 Å². The Hall–Kier alpha value is -2.69. The lowest BCUT2D eigenvalue weighted by Crippen LogP contribution is -2.09. The van der Waals surface area contributed by atoms with Crippen molar-refractivity contribution in [1.29, 1.82) is 0 Å². The van der Waals surface area contributed by atoms with Crippen LogP contribution in [0.25, 0.3) is 10.9 Å². The average Bonchev–Trinajstić information content (AvgIpc) is 2.52. The monoisotopic (exact) mass is 315 g/mol. The third kappa shape index (κ3) is 6.30. The molecule has 5 heteroatoms. The smallest absolute Gasteiger partial charge is 0.354 e. The van der Waals surface area contributed by atoms with Gasteiger partial charge in [-0.25, -0.2) is 14.6 Å². The van der Waals surface area contributed by atoms with Crippen LogP contribution < -0.4 is 0 Å². The van der Waals surface area contributed by atoms with Crippen LogP contribution in [0.1, 0.15) is 31.3 Å². The Labute approximate surface area is 135 Å². The van der Waals surface area contributed by atoms with E-state index >= 15 is 0 Å². The summed E-state index contributed by atoms with van der Waals surface area (Å²) in [5.41, 5.74) is 1.25. The van der Waals surface area contributed by atoms with Crippen molar-refractivity contribution < 1.29 is 19.4 Å². The number of nitrogens with zero attached hydrogens (tertiary/aromatic N) is 1. The van der Waals surface area contributed by atoms with Gasteiger partial charge in [-0.05, 0) is 25.0 Å². The Kier molecular flexibility index (Phi) is 6.93. The van der Waals surface area contributed by atoms with E-state index in [1.54, 1.807) is 19.1 Å². The van der Waals surface area contributed by atoms with Crippen LogP contribution in [0.4, 0.5) is 0 Å². The van der Waals surface area contributed by atoms with Crippen LogP contribution in [0.5, 0.6) is 0 Å². The summed E-state index contributed by atoms with van der Waals surface area (Å²) in [6.45, 7) is 9.56. The lowest BCUT2D eigenvalue weighted by Gasteiger charge is -2.05. The van der Waals surface area contributed by atoms with Crippen molar-refractivity contribution >= 4 is 22.8 Å². The molecular weight excluding hydrogens is 294 g/mol. The maximum atomic E-state index is 10.7. The molecule has 0 aliphatic heterocycles. The van der Waals surface area contributed by atoms with Gasteiger partial charge in [0, 0.05) is 11.0 Å². The Balaban J connectivity index is 0.000000241. The lowest BCUT2D eigenvalue weighted by molar-refractivity contribution is -0.139. The molecule has 0 unspecified atom stereocenters. The molecule has 0 aliphatic carbocycles. The predicted molar refractivity (Wildman–Crippen MR) is 89.3 cm³/mol. The number of esters is 1. The Morgan fingerprint density at radius 3 is 2.43 bits per heavy atom. The van der Waals surface area contributed by atoms with Gasteiger partial charge in [0.25, 0.3) is 0 Å². The summed E-state index contributed by atoms with van der Waals surface area (Å²) in [6, 6.07) is 10.7. The number of benzene rings is 1. The summed E-state index contributed by atoms with van der Waals surface area (Å²) in [7, 11) is 0. The number of carboxylic acid groups (broad SMARTS) is 1. The quantitative estimate of drug-likeness (QED) is 0.687. The minimum atomic E-state index is -0.995. The molecule has 1 aromatic heterocycles. The fraction of sp³-hybridized carbons (Fsp3) is 0.278. The van der Waals surface area contributed by atoms with E-state index in [1.807, 2.05) is 32.0 Å². The number of rotatable bonds is 4. The standard InChI is InChI=1S/C10H7NO2.C8H14O2/c12-10(13)9-6-5-7-3-1-2-4-8(7)11-9;1-6(2)5-10-8(9)7(3)4/h1-6H,(H,12,13);6H,3,5H2,1-2,4H3. The second kappa shape index (κ2) is 8.68. The fourth-order valence-electron chi connectivity index (χ4n) is 1.55. The van der Waals surface area contributed by atoms with E-state index in [0.29, 0.717) is 23.6 Å². The zero-order valence-electron chi connectivity index (χ0n) is 13.6. The highest BCUT2D eigenvalue weighted by molar-refractivity contribution is 5.89. The summed E-state index contributed by atoms with van der Waals surface area (Å²) < 4.78 is 4.83. The highest BCUT2D eigenvalue weighted by Crippen LogP contribution is 2.11. The maximum absolute atomic E-state index is 10.7. The van der Waals surface area contributed by atoms with E-state index in [2.05, 4.69) is 11.6 Å². The zero-order valence-corrected chi connectivity index (χ0v) is 13.6. The molecule has 0 spiro atoms. The van der Waals surface area contributed by atoms with Gasteiger partial charge in [0.05, 0.1) is 12.1 Å². The molecule has 1 N–H and O–H groups in total. The number of carboxylic acids is 1. The minimum absolute atomic E-state index is 0.0821. The molecule has 0 fully saturated rings. The third-order valence-electron chi connectivity index (χ3n) is 2.71. The second-order valence-electron chi connectivity index (χ2n) is 5.47. The van der Waals surface area contributed by atoms with Gasteiger partial charge in [-0.3, -0.25) is 0 Å². The molecule has 23 heavy (non-hydrogen) atoms. The SMILES string of the molecule is C=C(C)C(=O)OCC(C)C.O=C(O)c1ccc2ccccc2n1. The summed E-state index contributed by atoms with van der Waals surface area (Å²) in [5.74, 6) is -0.900. The van der Waals surface area contributed by atoms with Gasteiger partial charge in [-0.1, -0.05) is 44.7 Å². The number of aromatic carboxylic acids is 1. The van der Waals surface area contributed by atoms with Crippen LogP contribution in [-0.4, -0.2) is 28.6 Å². The molecule has 1 aromatic carbocycles. The van der Waals surface area contributed by atoms with Gasteiger partial charge >= 0.3 is 11.9 Å². The Bertz CT molecular complexity index is 707. The zero-order chi connectivity index (χ0) is 17.4. The number of hydrogen-bond donors (Lipinski definition) is 1. The van der Waals surface area contributed by atoms with Crippen molar-refractivity contribution in [2.75, 3.05) is 6.61 Å². The van der Waals surface area contributed by atoms with E-state index in [4.69, 9.17) is 9.84 Å². The summed E-state index contributed by atoms with van der Waals surface area (Å²) in [5, 5.41) is 9.63. The first-order valence-corrected chi connectivity index (χ1v) is 7.23. The van der Waals surface area contributed by atoms with Crippen molar-refractivity contribution in [2.24, 2.45) is 5.92 Å². The molecule has 1 heterocycles. The van der Waals surface area contributed by atoms with E-state index in [0.717, 1.165) is 5.39 Å². The molecule has 0 saturated carbocycles. The molecule has 0 saturated heterocycles. The first-order valence-electron chi connectivity index (χ1n) is 7.23. The number of aromatic nitrogens is 1. The van der Waals surface area contributed by atoms with Gasteiger partial charge in [0.2, 0.25) is 0 Å². The molecule has 122 valence electrons. The van der Waals surface area contributed by atoms with E-state index in [1.165, 1.54) is 6.07 Å². The Morgan fingerprint density at radius 1 is 1.22 bits per heavy atom. The number of ether oxygens (including phenoxy) is 1. The van der Waals surface area contributed by atoms with Gasteiger partial charge in [-0.2, -0.15) is 0 Å². The minimum Gasteiger partial charge on any atom is -0.477 e. The number of para-hydroxylation sites is 1. The highest BCUT2D eigenvalue weighted by Gasteiger charge is 2.04. The van der Waals surface area contributed by atoms with Crippen LogP contribution >= 0.6 is 0 Å². The van der Waals surface area contributed by atoms with E-state index < -0.39 is 5.97 Å². The fourth-order valence-corrected chi connectivity index (χ4v) is 1.55. The van der Waals surface area contributed by atoms with Gasteiger partial charge in [0.1, 0.15) is 5.69 Å². The largest absolute Gasteiger partial charge is 0.477 e. The van der Waals surface area contributed by atoms with Gasteiger partial charge < -0.3 is 9.84 Å². The van der Waals surface area contributed by atoms with Crippen LogP contribution in [0, 0.1) is 5.92 Å². The molecule has 2 rings (SSSR count). The van der Waals surface area contributed by atoms with Crippen molar-refractivity contribution in [3.63, 3.8) is 0 Å². The molecule has 0 atom stereocenters. The molecule has 5 nitrogen and oxygen atoms in total. The summed E-state index contributed by atoms with van der Waals surface area (Å²) >= 11 is 0. The normalized spacial score (nSPS) is 9.91. The average molecular weight is 315 g/mol. The van der Waals surface area contributed by atoms with Crippen molar-refractivity contribution in [2.45, 2.75) is 20.8 Å². The molecular formula is C18H21NO4. The van der Waals surface area contributed by atoms with Crippen LogP contribution in [0.15, 0.2) is 48.6 Å². The Morgan fingerprint density at radius 2 is 1.87 bits per heavy atom. The van der Waals surface area contributed by atoms with Crippen LogP contribution in [0.3, 0.4) is 0 Å². The van der Waals surface area contributed by atoms with Gasteiger partial charge in [-0.15, -0.1) is 0 Å². The summed E-state index contributed by atoms with van der Waals surface area (Å²) in [6.07, 6.45) is 0. The number of carbonyl (C=O) groups is 2. The molecule has 0 bridgehead atoms. The number of carbonyl (C=O) groups excluding carboxylic acids is 1. The number of fused-ring (bicyclic) bond motifs is 1. The predicted octanol–water partition coefficient (Wildman–Crippen LogP) is 3.69. The highest BCUT2D eigenvalue weighted by atomic mass is 16.5. The van der Waals surface area contributed by atoms with Crippen LogP contribution in [0.2, 0.25) is 0 Å². The first kappa shape index (κ1) is 18.4. The first-order chi connectivity index (χ1) is 10.8. The van der Waals surface area contributed by atoms with Crippen molar-refractivity contribution in [3.05, 3.63) is 54.2 Å². The van der Waals surface area contributed by atoms with Crippen LogP contribution in [-0.2, 0) is 9.53 Å². The third-order valence-corrected chi connectivity index (χ3v) is 2.71.